The van der Waals surface area contributed by atoms with E-state index in [0.717, 1.165) is 24.3 Å². The smallest absolute Gasteiger partial charge is 0.310 e. The van der Waals surface area contributed by atoms with Crippen molar-refractivity contribution in [1.29, 1.82) is 0 Å². The largest absolute Gasteiger partial charge is 0.460 e. The van der Waals surface area contributed by atoms with Crippen molar-refractivity contribution in [2.24, 2.45) is 17.8 Å². The Hall–Kier alpha value is -1.79. The number of benzene rings is 1. The number of carbonyl (C=O) groups is 2. The van der Waals surface area contributed by atoms with Crippen molar-refractivity contribution < 1.29 is 14.3 Å². The molecule has 30 heavy (non-hydrogen) atoms. The van der Waals surface area contributed by atoms with Gasteiger partial charge in [0, 0.05) is 12.3 Å². The molecule has 1 N–H and O–H groups in total. The molecule has 1 aromatic carbocycles. The minimum absolute atomic E-state index is 0.0953. The number of nitrogens with one attached hydrogen (secondary N) is 1. The van der Waals surface area contributed by atoms with Crippen molar-refractivity contribution in [3.63, 3.8) is 0 Å². The molecule has 0 saturated carbocycles. The molecule has 166 valence electrons. The Labute approximate surface area is 185 Å². The zero-order valence-electron chi connectivity index (χ0n) is 18.9. The molecule has 1 aromatic rings. The second-order valence-electron chi connectivity index (χ2n) is 9.19. The quantitative estimate of drug-likeness (QED) is 0.435. The lowest BCUT2D eigenvalue weighted by atomic mass is 9.82. The monoisotopic (exact) mass is 432 g/mol. The van der Waals surface area contributed by atoms with Crippen LogP contribution in [0.25, 0.3) is 6.08 Å². The van der Waals surface area contributed by atoms with Crippen LogP contribution in [0.3, 0.4) is 0 Å². The van der Waals surface area contributed by atoms with Gasteiger partial charge in [0.15, 0.2) is 0 Å². The lowest BCUT2D eigenvalue weighted by Gasteiger charge is -2.30. The highest BCUT2D eigenvalue weighted by molar-refractivity contribution is 7.97. The zero-order valence-corrected chi connectivity index (χ0v) is 19.7. The van der Waals surface area contributed by atoms with Crippen molar-refractivity contribution in [3.8, 4) is 0 Å². The van der Waals surface area contributed by atoms with E-state index in [0.29, 0.717) is 12.8 Å². The Balaban J connectivity index is 2.21. The normalized spacial score (nSPS) is 17.3. The molecule has 0 aliphatic carbocycles. The molecule has 0 bridgehead atoms. The fraction of sp³-hybridized carbons (Fsp3) is 0.583. The van der Waals surface area contributed by atoms with Crippen LogP contribution in [0.5, 0.6) is 0 Å². The Morgan fingerprint density at radius 3 is 2.47 bits per heavy atom. The summed E-state index contributed by atoms with van der Waals surface area (Å²) in [5.41, 5.74) is 3.49. The molecule has 0 radical (unpaired) electrons. The highest BCUT2D eigenvalue weighted by Gasteiger charge is 2.37. The second kappa shape index (κ2) is 11.6. The SMILES string of the molecule is CC(C)C[C@@H](C(=O)NN1CCCS1)C(C/C=C/c1ccccc1)C(=O)OC(C)(C)C. The van der Waals surface area contributed by atoms with E-state index in [1.54, 1.807) is 11.9 Å². The molecule has 1 aliphatic heterocycles. The summed E-state index contributed by atoms with van der Waals surface area (Å²) >= 11 is 1.62. The molecule has 0 spiro atoms. The number of hydrazine groups is 1. The Morgan fingerprint density at radius 2 is 1.90 bits per heavy atom. The van der Waals surface area contributed by atoms with Crippen LogP contribution < -0.4 is 5.43 Å². The number of hydrogen-bond acceptors (Lipinski definition) is 5. The zero-order chi connectivity index (χ0) is 22.1. The number of nitrogens with zero attached hydrogens (tertiary/aromatic N) is 1. The van der Waals surface area contributed by atoms with E-state index in [9.17, 15) is 9.59 Å². The van der Waals surface area contributed by atoms with Gasteiger partial charge in [-0.1, -0.05) is 68.3 Å². The first-order valence-corrected chi connectivity index (χ1v) is 11.8. The average molecular weight is 433 g/mol. The lowest BCUT2D eigenvalue weighted by Crippen LogP contribution is -2.45. The maximum Gasteiger partial charge on any atom is 0.310 e. The molecule has 5 nitrogen and oxygen atoms in total. The van der Waals surface area contributed by atoms with Crippen LogP contribution in [0.15, 0.2) is 36.4 Å². The number of allylic oxidation sites excluding steroid dienone is 1. The molecule has 2 atom stereocenters. The van der Waals surface area contributed by atoms with Crippen LogP contribution in [0.1, 0.15) is 59.4 Å². The minimum Gasteiger partial charge on any atom is -0.460 e. The van der Waals surface area contributed by atoms with Gasteiger partial charge in [-0.05, 0) is 51.5 Å². The standard InChI is InChI=1S/C24H36N2O3S/c1-18(2)17-21(22(27)25-26-15-10-16-30-26)20(23(28)29-24(3,4)5)14-9-13-19-11-7-6-8-12-19/h6-9,11-13,18,20-21H,10,14-17H2,1-5H3,(H,25,27)/b13-9+/t20?,21-/m1/s1. The van der Waals surface area contributed by atoms with Gasteiger partial charge in [0.2, 0.25) is 5.91 Å². The highest BCUT2D eigenvalue weighted by Crippen LogP contribution is 2.29. The van der Waals surface area contributed by atoms with Gasteiger partial charge in [-0.25, -0.2) is 0 Å². The summed E-state index contributed by atoms with van der Waals surface area (Å²) in [7, 11) is 0. The molecule has 1 amide bonds. The summed E-state index contributed by atoms with van der Waals surface area (Å²) in [6.07, 6.45) is 6.12. The van der Waals surface area contributed by atoms with Crippen LogP contribution in [-0.4, -0.2) is 34.2 Å². The van der Waals surface area contributed by atoms with E-state index in [-0.39, 0.29) is 17.8 Å². The summed E-state index contributed by atoms with van der Waals surface area (Å²) in [6, 6.07) is 9.96. The first kappa shape index (κ1) is 24.5. The third-order valence-corrected chi connectivity index (χ3v) is 5.80. The topological polar surface area (TPSA) is 58.6 Å². The lowest BCUT2D eigenvalue weighted by molar-refractivity contribution is -0.164. The molecular formula is C24H36N2O3S. The summed E-state index contributed by atoms with van der Waals surface area (Å²) in [5, 5.41) is 0. The Kier molecular flexibility index (Phi) is 9.43. The minimum atomic E-state index is -0.595. The van der Waals surface area contributed by atoms with Gasteiger partial charge in [0.25, 0.3) is 0 Å². The summed E-state index contributed by atoms with van der Waals surface area (Å²) < 4.78 is 7.60. The summed E-state index contributed by atoms with van der Waals surface area (Å²) in [5.74, 6) is -0.0856. The van der Waals surface area contributed by atoms with E-state index in [2.05, 4.69) is 19.3 Å². The van der Waals surface area contributed by atoms with Crippen molar-refractivity contribution in [1.82, 2.24) is 9.84 Å². The predicted molar refractivity (Wildman–Crippen MR) is 124 cm³/mol. The van der Waals surface area contributed by atoms with E-state index in [4.69, 9.17) is 4.74 Å². The number of carbonyl (C=O) groups excluding carboxylic acids is 2. The fourth-order valence-corrected chi connectivity index (χ4v) is 4.31. The van der Waals surface area contributed by atoms with Gasteiger partial charge in [-0.15, -0.1) is 0 Å². The van der Waals surface area contributed by atoms with Gasteiger partial charge < -0.3 is 4.74 Å². The number of rotatable bonds is 9. The average Bonchev–Trinajstić information content (AvgIpc) is 3.16. The maximum atomic E-state index is 13.2. The highest BCUT2D eigenvalue weighted by atomic mass is 32.2. The molecule has 1 fully saturated rings. The van der Waals surface area contributed by atoms with Crippen molar-refractivity contribution in [3.05, 3.63) is 42.0 Å². The number of ether oxygens (including phenoxy) is 1. The third-order valence-electron chi connectivity index (χ3n) is 4.74. The maximum absolute atomic E-state index is 13.2. The summed E-state index contributed by atoms with van der Waals surface area (Å²) in [6.45, 7) is 10.6. The Morgan fingerprint density at radius 1 is 1.20 bits per heavy atom. The predicted octanol–water partition coefficient (Wildman–Crippen LogP) is 5.10. The number of hydrogen-bond donors (Lipinski definition) is 1. The van der Waals surface area contributed by atoms with Crippen LogP contribution >= 0.6 is 11.9 Å². The van der Waals surface area contributed by atoms with Crippen molar-refractivity contribution >= 4 is 29.9 Å². The molecule has 6 heteroatoms. The van der Waals surface area contributed by atoms with Crippen LogP contribution in [-0.2, 0) is 14.3 Å². The van der Waals surface area contributed by atoms with Crippen LogP contribution in [0, 0.1) is 17.8 Å². The number of amides is 1. The van der Waals surface area contributed by atoms with Crippen molar-refractivity contribution in [2.75, 3.05) is 12.3 Å². The molecule has 1 saturated heterocycles. The van der Waals surface area contributed by atoms with Gasteiger partial charge in [0.1, 0.15) is 5.60 Å². The third kappa shape index (κ3) is 8.52. The van der Waals surface area contributed by atoms with E-state index in [1.165, 1.54) is 0 Å². The number of esters is 1. The van der Waals surface area contributed by atoms with Gasteiger partial charge in [-0.3, -0.25) is 15.0 Å². The van der Waals surface area contributed by atoms with E-state index in [1.807, 2.05) is 67.7 Å². The van der Waals surface area contributed by atoms with Crippen molar-refractivity contribution in [2.45, 2.75) is 59.5 Å². The van der Waals surface area contributed by atoms with Gasteiger partial charge in [0.05, 0.1) is 11.8 Å². The van der Waals surface area contributed by atoms with E-state index >= 15 is 0 Å². The van der Waals surface area contributed by atoms with E-state index < -0.39 is 17.4 Å². The van der Waals surface area contributed by atoms with Crippen LogP contribution in [0.4, 0.5) is 0 Å². The summed E-state index contributed by atoms with van der Waals surface area (Å²) in [4.78, 5) is 26.3. The molecule has 0 aromatic heterocycles. The Bertz CT molecular complexity index is 707. The second-order valence-corrected chi connectivity index (χ2v) is 10.3. The first-order valence-electron chi connectivity index (χ1n) is 10.8. The molecule has 2 rings (SSSR count). The molecule has 1 unspecified atom stereocenters. The van der Waals surface area contributed by atoms with Crippen LogP contribution in [0.2, 0.25) is 0 Å². The molecule has 1 aliphatic rings. The van der Waals surface area contributed by atoms with Gasteiger partial charge >= 0.3 is 5.97 Å². The fourth-order valence-electron chi connectivity index (χ4n) is 3.42. The first-order chi connectivity index (χ1) is 14.2. The molecular weight excluding hydrogens is 396 g/mol. The molecule has 1 heterocycles. The van der Waals surface area contributed by atoms with Gasteiger partial charge in [-0.2, -0.15) is 4.41 Å².